The second kappa shape index (κ2) is 8.43. The lowest BCUT2D eigenvalue weighted by atomic mass is 9.85. The molecule has 31 heavy (non-hydrogen) atoms. The number of carbonyl (C=O) groups excluding carboxylic acids is 1. The molecule has 1 aliphatic heterocycles. The first-order chi connectivity index (χ1) is 14.5. The maximum absolute atomic E-state index is 12.8. The molecule has 1 N–H and O–H groups in total. The van der Waals surface area contributed by atoms with E-state index >= 15 is 0 Å². The van der Waals surface area contributed by atoms with Gasteiger partial charge in [0.2, 0.25) is 0 Å². The number of benzene rings is 2. The SMILES string of the molecule is CC1=CC(C)(C)N(C(C)C)c2cc(C)c(/C=C(/C#N)C(=O)Nc3ccccc3C)cc21. The molecule has 0 atom stereocenters. The number of nitriles is 1. The van der Waals surface area contributed by atoms with Gasteiger partial charge >= 0.3 is 0 Å². The summed E-state index contributed by atoms with van der Waals surface area (Å²) >= 11 is 0. The number of rotatable bonds is 4. The second-order valence-electron chi connectivity index (χ2n) is 9.11. The van der Waals surface area contributed by atoms with Crippen LogP contribution in [0.5, 0.6) is 0 Å². The second-order valence-corrected chi connectivity index (χ2v) is 9.11. The fraction of sp³-hybridized carbons (Fsp3) is 0.333. The van der Waals surface area contributed by atoms with E-state index in [1.165, 1.54) is 11.3 Å². The van der Waals surface area contributed by atoms with Gasteiger partial charge in [0.1, 0.15) is 11.6 Å². The number of allylic oxidation sites excluding steroid dienone is 1. The zero-order valence-electron chi connectivity index (χ0n) is 19.5. The molecule has 0 saturated heterocycles. The van der Waals surface area contributed by atoms with Crippen LogP contribution in [0.1, 0.15) is 56.9 Å². The van der Waals surface area contributed by atoms with Crippen LogP contribution in [0.15, 0.2) is 48.0 Å². The third kappa shape index (κ3) is 4.41. The van der Waals surface area contributed by atoms with Crippen LogP contribution in [0.25, 0.3) is 11.6 Å². The fourth-order valence-corrected chi connectivity index (χ4v) is 4.52. The van der Waals surface area contributed by atoms with E-state index in [1.807, 2.05) is 38.1 Å². The number of anilines is 2. The van der Waals surface area contributed by atoms with E-state index in [0.29, 0.717) is 11.7 Å². The van der Waals surface area contributed by atoms with Crippen LogP contribution in [0, 0.1) is 25.2 Å². The minimum absolute atomic E-state index is 0.0830. The molecule has 0 fully saturated rings. The average molecular weight is 414 g/mol. The summed E-state index contributed by atoms with van der Waals surface area (Å²) in [7, 11) is 0. The Bertz CT molecular complexity index is 1130. The summed E-state index contributed by atoms with van der Waals surface area (Å²) in [5.74, 6) is -0.397. The molecule has 2 aromatic carbocycles. The van der Waals surface area contributed by atoms with Crippen LogP contribution in [0.4, 0.5) is 11.4 Å². The topological polar surface area (TPSA) is 56.1 Å². The van der Waals surface area contributed by atoms with Crippen LogP contribution < -0.4 is 10.2 Å². The average Bonchev–Trinajstić information content (AvgIpc) is 2.67. The van der Waals surface area contributed by atoms with E-state index in [-0.39, 0.29) is 11.1 Å². The first-order valence-corrected chi connectivity index (χ1v) is 10.7. The van der Waals surface area contributed by atoms with Gasteiger partial charge in [-0.25, -0.2) is 0 Å². The highest BCUT2D eigenvalue weighted by Crippen LogP contribution is 2.41. The lowest BCUT2D eigenvalue weighted by Gasteiger charge is -2.46. The summed E-state index contributed by atoms with van der Waals surface area (Å²) in [5, 5.41) is 12.5. The summed E-state index contributed by atoms with van der Waals surface area (Å²) in [5.41, 5.74) is 7.12. The van der Waals surface area contributed by atoms with Crippen LogP contribution in [-0.4, -0.2) is 17.5 Å². The molecule has 0 aliphatic carbocycles. The summed E-state index contributed by atoms with van der Waals surface area (Å²) < 4.78 is 0. The first-order valence-electron chi connectivity index (χ1n) is 10.7. The summed E-state index contributed by atoms with van der Waals surface area (Å²) in [4.78, 5) is 15.2. The van der Waals surface area contributed by atoms with Crippen molar-refractivity contribution in [2.24, 2.45) is 0 Å². The number of aryl methyl sites for hydroxylation is 2. The number of fused-ring (bicyclic) bond motifs is 1. The Morgan fingerprint density at radius 2 is 1.81 bits per heavy atom. The Kier molecular flexibility index (Phi) is 6.08. The number of carbonyl (C=O) groups is 1. The van der Waals surface area contributed by atoms with Gasteiger partial charge in [0, 0.05) is 23.0 Å². The molecule has 0 spiro atoms. The lowest BCUT2D eigenvalue weighted by Crippen LogP contribution is -2.49. The lowest BCUT2D eigenvalue weighted by molar-refractivity contribution is -0.112. The van der Waals surface area contributed by atoms with E-state index in [9.17, 15) is 10.1 Å². The highest BCUT2D eigenvalue weighted by atomic mass is 16.1. The van der Waals surface area contributed by atoms with E-state index in [0.717, 1.165) is 22.3 Å². The van der Waals surface area contributed by atoms with Crippen molar-refractivity contribution in [2.45, 2.75) is 60.0 Å². The molecule has 4 heteroatoms. The Labute approximate surface area is 185 Å². The van der Waals surface area contributed by atoms with Crippen molar-refractivity contribution in [3.05, 3.63) is 70.3 Å². The van der Waals surface area contributed by atoms with Crippen molar-refractivity contribution < 1.29 is 4.79 Å². The number of para-hydroxylation sites is 1. The Morgan fingerprint density at radius 3 is 2.42 bits per heavy atom. The number of amides is 1. The fourth-order valence-electron chi connectivity index (χ4n) is 4.52. The predicted molar refractivity (Wildman–Crippen MR) is 130 cm³/mol. The third-order valence-corrected chi connectivity index (χ3v) is 5.83. The van der Waals surface area contributed by atoms with E-state index in [4.69, 9.17) is 0 Å². The molecule has 160 valence electrons. The maximum atomic E-state index is 12.8. The van der Waals surface area contributed by atoms with Crippen molar-refractivity contribution >= 4 is 28.9 Å². The van der Waals surface area contributed by atoms with Gasteiger partial charge in [0.15, 0.2) is 0 Å². The number of nitrogens with one attached hydrogen (secondary N) is 1. The molecule has 4 nitrogen and oxygen atoms in total. The monoisotopic (exact) mass is 413 g/mol. The molecule has 1 aliphatic rings. The van der Waals surface area contributed by atoms with Gasteiger partial charge in [0.25, 0.3) is 5.91 Å². The molecular formula is C27H31N3O. The zero-order valence-corrected chi connectivity index (χ0v) is 19.5. The molecule has 0 saturated carbocycles. The molecule has 0 unspecified atom stereocenters. The van der Waals surface area contributed by atoms with Gasteiger partial charge in [-0.2, -0.15) is 5.26 Å². The van der Waals surface area contributed by atoms with Crippen LogP contribution >= 0.6 is 0 Å². The van der Waals surface area contributed by atoms with E-state index < -0.39 is 5.91 Å². The number of nitrogens with zero attached hydrogens (tertiary/aromatic N) is 2. The van der Waals surface area contributed by atoms with Crippen LogP contribution in [0.2, 0.25) is 0 Å². The number of hydrogen-bond donors (Lipinski definition) is 1. The molecule has 1 heterocycles. The molecule has 0 radical (unpaired) electrons. The predicted octanol–water partition coefficient (Wildman–Crippen LogP) is 6.26. The summed E-state index contributed by atoms with van der Waals surface area (Å²) in [6, 6.07) is 14.2. The Morgan fingerprint density at radius 1 is 1.13 bits per heavy atom. The number of hydrogen-bond acceptors (Lipinski definition) is 3. The van der Waals surface area contributed by atoms with Crippen molar-refractivity contribution in [1.82, 2.24) is 0 Å². The minimum Gasteiger partial charge on any atom is -0.360 e. The normalized spacial score (nSPS) is 15.3. The van der Waals surface area contributed by atoms with Crippen LogP contribution in [-0.2, 0) is 4.79 Å². The van der Waals surface area contributed by atoms with Gasteiger partial charge in [-0.1, -0.05) is 24.3 Å². The minimum atomic E-state index is -0.397. The molecular weight excluding hydrogens is 382 g/mol. The molecule has 3 rings (SSSR count). The zero-order chi connectivity index (χ0) is 22.9. The smallest absolute Gasteiger partial charge is 0.266 e. The van der Waals surface area contributed by atoms with Crippen molar-refractivity contribution in [2.75, 3.05) is 10.2 Å². The summed E-state index contributed by atoms with van der Waals surface area (Å²) in [6.45, 7) is 14.9. The van der Waals surface area contributed by atoms with Gasteiger partial charge < -0.3 is 10.2 Å². The van der Waals surface area contributed by atoms with Crippen molar-refractivity contribution in [1.29, 1.82) is 5.26 Å². The van der Waals surface area contributed by atoms with Gasteiger partial charge in [-0.15, -0.1) is 0 Å². The van der Waals surface area contributed by atoms with E-state index in [1.54, 1.807) is 6.08 Å². The third-order valence-electron chi connectivity index (χ3n) is 5.83. The Hall–Kier alpha value is -3.32. The van der Waals surface area contributed by atoms with Gasteiger partial charge in [-0.05, 0) is 95.0 Å². The molecule has 1 amide bonds. The quantitative estimate of drug-likeness (QED) is 0.475. The molecule has 0 aromatic heterocycles. The van der Waals surface area contributed by atoms with Crippen molar-refractivity contribution in [3.63, 3.8) is 0 Å². The molecule has 2 aromatic rings. The maximum Gasteiger partial charge on any atom is 0.266 e. The highest BCUT2D eigenvalue weighted by Gasteiger charge is 2.33. The standard InChI is InChI=1S/C27H31N3O/c1-17(2)30-25-12-19(4)21(14-23(25)20(5)15-27(30,6)7)13-22(16-28)26(31)29-24-11-9-8-10-18(24)3/h8-15,17H,1-7H3,(H,29,31)/b22-13-. The van der Waals surface area contributed by atoms with Gasteiger partial charge in [-0.3, -0.25) is 4.79 Å². The molecule has 0 bridgehead atoms. The van der Waals surface area contributed by atoms with Crippen LogP contribution in [0.3, 0.4) is 0 Å². The highest BCUT2D eigenvalue weighted by molar-refractivity contribution is 6.10. The largest absolute Gasteiger partial charge is 0.360 e. The van der Waals surface area contributed by atoms with E-state index in [2.05, 4.69) is 69.1 Å². The first kappa shape index (κ1) is 22.4. The van der Waals surface area contributed by atoms with Crippen molar-refractivity contribution in [3.8, 4) is 6.07 Å². The van der Waals surface area contributed by atoms with Gasteiger partial charge in [0.05, 0.1) is 5.54 Å². The Balaban J connectivity index is 2.03. The summed E-state index contributed by atoms with van der Waals surface area (Å²) in [6.07, 6.45) is 3.98.